The molecule has 0 aliphatic heterocycles. The Bertz CT molecular complexity index is 297. The van der Waals surface area contributed by atoms with E-state index in [0.29, 0.717) is 6.61 Å². The Kier molecular flexibility index (Phi) is 6.06. The van der Waals surface area contributed by atoms with Gasteiger partial charge in [0.05, 0.1) is 0 Å². The molecule has 1 nitrogen and oxygen atoms in total. The predicted molar refractivity (Wildman–Crippen MR) is 62.6 cm³/mol. The van der Waals surface area contributed by atoms with Crippen molar-refractivity contribution in [2.75, 3.05) is 6.61 Å². The summed E-state index contributed by atoms with van der Waals surface area (Å²) in [6.07, 6.45) is 0. The van der Waals surface area contributed by atoms with Crippen molar-refractivity contribution in [2.45, 2.75) is 13.8 Å². The third-order valence-corrected chi connectivity index (χ3v) is 15.9. The molecule has 0 N–H and O–H groups in total. The first-order valence-electron chi connectivity index (χ1n) is 4.57. The van der Waals surface area contributed by atoms with Crippen LogP contribution < -0.4 is 3.07 Å². The molecule has 1 rings (SSSR count). The maximum atomic E-state index is 5.24. The molecule has 0 aliphatic rings. The maximum absolute atomic E-state index is 5.24. The molecule has 0 bridgehead atoms. The SMILES string of the molecule is CCOC(=S)[S][Hg][c]1ccc(C)cc1. The Morgan fingerprint density at radius 1 is 1.43 bits per heavy atom. The van der Waals surface area contributed by atoms with Crippen LogP contribution in [-0.4, -0.2) is 11.0 Å². The van der Waals surface area contributed by atoms with Gasteiger partial charge in [-0.1, -0.05) is 0 Å². The van der Waals surface area contributed by atoms with Gasteiger partial charge in [-0.15, -0.1) is 0 Å². The van der Waals surface area contributed by atoms with Crippen LogP contribution >= 0.6 is 20.5 Å². The molecule has 1 aromatic carbocycles. The predicted octanol–water partition coefficient (Wildman–Crippen LogP) is 2.67. The van der Waals surface area contributed by atoms with Gasteiger partial charge in [0.25, 0.3) is 0 Å². The number of aryl methyl sites for hydroxylation is 1. The summed E-state index contributed by atoms with van der Waals surface area (Å²) in [6.45, 7) is 4.77. The molecule has 14 heavy (non-hydrogen) atoms. The number of hydrogen-bond acceptors (Lipinski definition) is 3. The van der Waals surface area contributed by atoms with E-state index < -0.39 is 23.1 Å². The van der Waals surface area contributed by atoms with Crippen LogP contribution in [0.25, 0.3) is 0 Å². The molecule has 0 aromatic heterocycles. The van der Waals surface area contributed by atoms with Crippen molar-refractivity contribution >= 4 is 27.9 Å². The minimum absolute atomic E-state index is 0.688. The van der Waals surface area contributed by atoms with Gasteiger partial charge in [0.2, 0.25) is 0 Å². The van der Waals surface area contributed by atoms with Crippen molar-refractivity contribution in [3.8, 4) is 0 Å². The van der Waals surface area contributed by atoms with Gasteiger partial charge in [0.1, 0.15) is 0 Å². The molecule has 0 aliphatic carbocycles. The third kappa shape index (κ3) is 4.76. The summed E-state index contributed by atoms with van der Waals surface area (Å²) in [6, 6.07) is 8.77. The fraction of sp³-hybridized carbons (Fsp3) is 0.300. The number of rotatable bonds is 3. The molecule has 0 radical (unpaired) electrons. The molecule has 0 atom stereocenters. The summed E-state index contributed by atoms with van der Waals surface area (Å²) in [7, 11) is 1.79. The fourth-order valence-corrected chi connectivity index (χ4v) is 10.8. The Morgan fingerprint density at radius 3 is 2.64 bits per heavy atom. The van der Waals surface area contributed by atoms with Gasteiger partial charge in [-0.25, -0.2) is 0 Å². The average Bonchev–Trinajstić information content (AvgIpc) is 2.17. The fourth-order valence-electron chi connectivity index (χ4n) is 0.986. The molecule has 4 heteroatoms. The first-order chi connectivity index (χ1) is 6.72. The third-order valence-electron chi connectivity index (χ3n) is 1.74. The topological polar surface area (TPSA) is 9.23 Å². The molecule has 0 spiro atoms. The van der Waals surface area contributed by atoms with E-state index in [0.717, 1.165) is 4.38 Å². The number of ether oxygens (including phenoxy) is 1. The number of thiocarbonyl (C=S) groups is 1. The van der Waals surface area contributed by atoms with Crippen LogP contribution in [0.15, 0.2) is 24.3 Å². The molecule has 0 heterocycles. The van der Waals surface area contributed by atoms with Crippen LogP contribution in [0.5, 0.6) is 0 Å². The summed E-state index contributed by atoms with van der Waals surface area (Å²) in [5.41, 5.74) is 1.32. The van der Waals surface area contributed by atoms with Crippen LogP contribution in [0.3, 0.4) is 0 Å². The monoisotopic (exact) mass is 414 g/mol. The van der Waals surface area contributed by atoms with E-state index in [1.165, 1.54) is 8.64 Å². The zero-order chi connectivity index (χ0) is 10.4. The zero-order valence-electron chi connectivity index (χ0n) is 8.45. The standard InChI is InChI=1S/C7H7.C3H6OS2.Hg/c1-7-5-3-2-4-6-7;1-2-4-3(5)6;/h3-6H,1H3;2H2,1H3,(H,5,6);/q;;+1/p-1. The van der Waals surface area contributed by atoms with Gasteiger partial charge in [-0.2, -0.15) is 0 Å². The van der Waals surface area contributed by atoms with E-state index in [1.54, 1.807) is 8.24 Å². The summed E-state index contributed by atoms with van der Waals surface area (Å²) in [5.74, 6) is 0. The number of hydrogen-bond donors (Lipinski definition) is 0. The Balaban J connectivity index is 2.38. The normalized spacial score (nSPS) is 9.29. The molecular weight excluding hydrogens is 401 g/mol. The van der Waals surface area contributed by atoms with Crippen molar-refractivity contribution in [3.05, 3.63) is 29.8 Å². The molecule has 0 saturated heterocycles. The van der Waals surface area contributed by atoms with Crippen LogP contribution in [0, 0.1) is 6.92 Å². The Labute approximate surface area is 105 Å². The van der Waals surface area contributed by atoms with Gasteiger partial charge in [0, 0.05) is 0 Å². The van der Waals surface area contributed by atoms with Crippen molar-refractivity contribution in [1.29, 1.82) is 0 Å². The van der Waals surface area contributed by atoms with Crippen LogP contribution in [0.2, 0.25) is 0 Å². The van der Waals surface area contributed by atoms with Crippen molar-refractivity contribution in [2.24, 2.45) is 0 Å². The molecule has 0 unspecified atom stereocenters. The number of benzene rings is 1. The van der Waals surface area contributed by atoms with Gasteiger partial charge < -0.3 is 0 Å². The van der Waals surface area contributed by atoms with E-state index in [-0.39, 0.29) is 0 Å². The van der Waals surface area contributed by atoms with Gasteiger partial charge >= 0.3 is 106 Å². The van der Waals surface area contributed by atoms with E-state index in [1.807, 2.05) is 6.92 Å². The summed E-state index contributed by atoms with van der Waals surface area (Å²) >= 11 is 3.99. The second kappa shape index (κ2) is 6.80. The van der Waals surface area contributed by atoms with Gasteiger partial charge in [-0.3, -0.25) is 0 Å². The van der Waals surface area contributed by atoms with E-state index in [2.05, 4.69) is 31.2 Å². The molecule has 0 fully saturated rings. The van der Waals surface area contributed by atoms with E-state index in [9.17, 15) is 0 Å². The molecule has 0 saturated carbocycles. The second-order valence-corrected chi connectivity index (χ2v) is 14.4. The first kappa shape index (κ1) is 12.5. The second-order valence-electron chi connectivity index (χ2n) is 2.96. The van der Waals surface area contributed by atoms with Crippen molar-refractivity contribution in [1.82, 2.24) is 0 Å². The van der Waals surface area contributed by atoms with E-state index in [4.69, 9.17) is 17.0 Å². The van der Waals surface area contributed by atoms with Gasteiger partial charge in [0.15, 0.2) is 0 Å². The molecule has 72 valence electrons. The zero-order valence-corrected chi connectivity index (χ0v) is 15.6. The molecule has 1 aromatic rings. The van der Waals surface area contributed by atoms with Crippen LogP contribution in [-0.2, 0) is 27.8 Å². The minimum atomic E-state index is -1.08. The molecular formula is C10H12HgOS2. The average molecular weight is 413 g/mol. The van der Waals surface area contributed by atoms with Crippen LogP contribution in [0.4, 0.5) is 0 Å². The van der Waals surface area contributed by atoms with Gasteiger partial charge in [-0.05, 0) is 0 Å². The van der Waals surface area contributed by atoms with E-state index >= 15 is 0 Å². The summed E-state index contributed by atoms with van der Waals surface area (Å²) in [5, 5.41) is 0. The molecule has 0 amide bonds. The van der Waals surface area contributed by atoms with Crippen molar-refractivity contribution in [3.63, 3.8) is 0 Å². The Morgan fingerprint density at radius 2 is 2.07 bits per heavy atom. The van der Waals surface area contributed by atoms with Crippen molar-refractivity contribution < 1.29 is 27.8 Å². The summed E-state index contributed by atoms with van der Waals surface area (Å²) < 4.78 is 7.47. The Hall–Kier alpha value is 0.395. The quantitative estimate of drug-likeness (QED) is 0.558. The first-order valence-corrected chi connectivity index (χ1v) is 15.4. The van der Waals surface area contributed by atoms with Crippen LogP contribution in [0.1, 0.15) is 12.5 Å². The summed E-state index contributed by atoms with van der Waals surface area (Å²) in [4.78, 5) is 0.